The van der Waals surface area contributed by atoms with E-state index in [1.165, 1.54) is 7.11 Å². The molecule has 0 bridgehead atoms. The topological polar surface area (TPSA) is 26.3 Å². The third-order valence-corrected chi connectivity index (χ3v) is 5.53. The summed E-state index contributed by atoms with van der Waals surface area (Å²) >= 11 is 14.8. The van der Waals surface area contributed by atoms with Crippen LogP contribution < -0.4 is 0 Å². The molecule has 1 aromatic rings. The minimum absolute atomic E-state index is 0.343. The highest BCUT2D eigenvalue weighted by molar-refractivity contribution is 9.12. The highest BCUT2D eigenvalue weighted by Crippen LogP contribution is 2.46. The second-order valence-corrected chi connectivity index (χ2v) is 7.32. The Labute approximate surface area is 119 Å². The molecular formula is C10H7Br2ClO2S. The van der Waals surface area contributed by atoms with Gasteiger partial charge in [-0.2, -0.15) is 0 Å². The van der Waals surface area contributed by atoms with E-state index >= 15 is 0 Å². The van der Waals surface area contributed by atoms with Gasteiger partial charge >= 0.3 is 5.97 Å². The molecule has 0 aliphatic heterocycles. The smallest absolute Gasteiger partial charge is 0.335 e. The molecule has 6 heteroatoms. The average Bonchev–Trinajstić information content (AvgIpc) is 2.54. The number of hydrogen-bond acceptors (Lipinski definition) is 3. The first-order chi connectivity index (χ1) is 7.56. The van der Waals surface area contributed by atoms with E-state index in [9.17, 15) is 4.79 Å². The summed E-state index contributed by atoms with van der Waals surface area (Å²) in [6, 6.07) is 0. The average molecular weight is 386 g/mol. The van der Waals surface area contributed by atoms with Gasteiger partial charge in [0.05, 0.1) is 25.3 Å². The number of thiophene rings is 1. The van der Waals surface area contributed by atoms with Crippen LogP contribution >= 0.6 is 54.8 Å². The Bertz CT molecular complexity index is 493. The molecule has 0 spiro atoms. The molecule has 0 aromatic carbocycles. The van der Waals surface area contributed by atoms with Crippen LogP contribution in [0.5, 0.6) is 0 Å². The van der Waals surface area contributed by atoms with Gasteiger partial charge in [0, 0.05) is 5.56 Å². The van der Waals surface area contributed by atoms with Crippen LogP contribution in [0, 0.1) is 0 Å². The van der Waals surface area contributed by atoms with Crippen molar-refractivity contribution >= 4 is 65.8 Å². The summed E-state index contributed by atoms with van der Waals surface area (Å²) in [5.74, 6) is -0.343. The molecule has 0 radical (unpaired) electrons. The van der Waals surface area contributed by atoms with Crippen molar-refractivity contribution in [1.29, 1.82) is 0 Å². The van der Waals surface area contributed by atoms with Crippen molar-refractivity contribution in [1.82, 2.24) is 0 Å². The molecule has 0 N–H and O–H groups in total. The molecule has 0 saturated heterocycles. The summed E-state index contributed by atoms with van der Waals surface area (Å²) in [5, 5.41) is 0.502. The van der Waals surface area contributed by atoms with Crippen LogP contribution in [0.15, 0.2) is 13.1 Å². The molecule has 2 nitrogen and oxygen atoms in total. The van der Waals surface area contributed by atoms with Crippen LogP contribution in [0.4, 0.5) is 0 Å². The number of esters is 1. The molecule has 1 aliphatic carbocycles. The maximum atomic E-state index is 11.5. The van der Waals surface area contributed by atoms with Gasteiger partial charge in [0.1, 0.15) is 0 Å². The van der Waals surface area contributed by atoms with E-state index < -0.39 is 0 Å². The van der Waals surface area contributed by atoms with Crippen LogP contribution in [-0.4, -0.2) is 13.1 Å². The Hall–Kier alpha value is 0.160. The lowest BCUT2D eigenvalue weighted by Gasteiger charge is -2.15. The third-order valence-electron chi connectivity index (χ3n) is 2.46. The van der Waals surface area contributed by atoms with Gasteiger partial charge in [-0.3, -0.25) is 0 Å². The summed E-state index contributed by atoms with van der Waals surface area (Å²) in [6.45, 7) is 0. The molecule has 0 amide bonds. The van der Waals surface area contributed by atoms with Crippen LogP contribution in [0.3, 0.4) is 0 Å². The normalized spacial score (nSPS) is 15.0. The Morgan fingerprint density at radius 2 is 2.06 bits per heavy atom. The zero-order chi connectivity index (χ0) is 11.9. The number of carbonyl (C=O) groups excluding carboxylic acids is 1. The van der Waals surface area contributed by atoms with Crippen molar-refractivity contribution in [3.63, 3.8) is 0 Å². The Balaban J connectivity index is 2.57. The fraction of sp³-hybridized carbons (Fsp3) is 0.300. The zero-order valence-electron chi connectivity index (χ0n) is 8.27. The molecule has 1 heterocycles. The summed E-state index contributed by atoms with van der Waals surface area (Å²) in [7, 11) is 1.37. The van der Waals surface area contributed by atoms with Crippen LogP contribution in [0.1, 0.15) is 17.5 Å². The Morgan fingerprint density at radius 1 is 1.38 bits per heavy atom. The van der Waals surface area contributed by atoms with Gasteiger partial charge in [0.2, 0.25) is 0 Å². The first-order valence-corrected chi connectivity index (χ1v) is 7.28. The first kappa shape index (κ1) is 12.6. The number of ether oxygens (including phenoxy) is 1. The minimum atomic E-state index is -0.343. The molecule has 0 fully saturated rings. The van der Waals surface area contributed by atoms with E-state index in [1.54, 1.807) is 11.3 Å². The molecule has 0 atom stereocenters. The van der Waals surface area contributed by atoms with Crippen molar-refractivity contribution in [3.05, 3.63) is 24.3 Å². The van der Waals surface area contributed by atoms with Gasteiger partial charge in [-0.15, -0.1) is 11.3 Å². The van der Waals surface area contributed by atoms with Gasteiger partial charge in [0.25, 0.3) is 0 Å². The quantitative estimate of drug-likeness (QED) is 0.671. The molecule has 2 rings (SSSR count). The monoisotopic (exact) mass is 384 g/mol. The van der Waals surface area contributed by atoms with Crippen molar-refractivity contribution in [2.24, 2.45) is 0 Å². The van der Waals surface area contributed by atoms with Gasteiger partial charge in [-0.05, 0) is 50.3 Å². The number of rotatable bonds is 1. The number of hydrogen-bond donors (Lipinski definition) is 0. The molecule has 1 aliphatic rings. The van der Waals surface area contributed by atoms with Crippen LogP contribution in [-0.2, 0) is 16.0 Å². The second-order valence-electron chi connectivity index (χ2n) is 3.29. The van der Waals surface area contributed by atoms with Gasteiger partial charge in [0.15, 0.2) is 0 Å². The fourth-order valence-electron chi connectivity index (χ4n) is 1.68. The summed E-state index contributed by atoms with van der Waals surface area (Å²) < 4.78 is 6.73. The number of halogens is 3. The standard InChI is InChI=1S/C10H7Br2ClO2S/c1-15-10(14)5-3-2-4-6(7(5)13)9(12)16-8(4)11/h2-3H2,1H3. The fourth-order valence-corrected chi connectivity index (χ4v) is 5.50. The number of fused-ring (bicyclic) bond motifs is 1. The molecule has 16 heavy (non-hydrogen) atoms. The maximum Gasteiger partial charge on any atom is 0.335 e. The summed E-state index contributed by atoms with van der Waals surface area (Å²) in [4.78, 5) is 11.5. The lowest BCUT2D eigenvalue weighted by atomic mass is 9.95. The lowest BCUT2D eigenvalue weighted by molar-refractivity contribution is -0.136. The van der Waals surface area contributed by atoms with Crippen molar-refractivity contribution in [2.45, 2.75) is 12.8 Å². The van der Waals surface area contributed by atoms with Crippen LogP contribution in [0.2, 0.25) is 0 Å². The van der Waals surface area contributed by atoms with Gasteiger partial charge < -0.3 is 4.74 Å². The molecule has 86 valence electrons. The highest BCUT2D eigenvalue weighted by Gasteiger charge is 2.28. The SMILES string of the molecule is COC(=O)C1=C(Cl)c2c(Br)sc(Br)c2CC1. The van der Waals surface area contributed by atoms with E-state index in [4.69, 9.17) is 16.3 Å². The van der Waals surface area contributed by atoms with E-state index in [1.807, 2.05) is 0 Å². The van der Waals surface area contributed by atoms with Gasteiger partial charge in [-0.25, -0.2) is 4.79 Å². The first-order valence-electron chi connectivity index (χ1n) is 4.50. The molecule has 1 aromatic heterocycles. The Morgan fingerprint density at radius 3 is 2.69 bits per heavy atom. The second kappa shape index (κ2) is 4.80. The largest absolute Gasteiger partial charge is 0.466 e. The van der Waals surface area contributed by atoms with E-state index in [-0.39, 0.29) is 5.97 Å². The number of carbonyl (C=O) groups is 1. The van der Waals surface area contributed by atoms with Gasteiger partial charge in [-0.1, -0.05) is 11.6 Å². The molecule has 0 unspecified atom stereocenters. The molecular weight excluding hydrogens is 379 g/mol. The zero-order valence-corrected chi connectivity index (χ0v) is 13.0. The highest BCUT2D eigenvalue weighted by atomic mass is 79.9. The molecule has 0 saturated carbocycles. The maximum absolute atomic E-state index is 11.5. The predicted molar refractivity (Wildman–Crippen MR) is 72.8 cm³/mol. The van der Waals surface area contributed by atoms with Crippen molar-refractivity contribution in [2.75, 3.05) is 7.11 Å². The lowest BCUT2D eigenvalue weighted by Crippen LogP contribution is -2.11. The summed E-state index contributed by atoms with van der Waals surface area (Å²) in [6.07, 6.45) is 1.43. The van der Waals surface area contributed by atoms with E-state index in [0.717, 1.165) is 25.1 Å². The van der Waals surface area contributed by atoms with E-state index in [0.29, 0.717) is 17.0 Å². The van der Waals surface area contributed by atoms with Crippen molar-refractivity contribution < 1.29 is 9.53 Å². The summed E-state index contributed by atoms with van der Waals surface area (Å²) in [5.41, 5.74) is 2.64. The van der Waals surface area contributed by atoms with Crippen LogP contribution in [0.25, 0.3) is 5.03 Å². The minimum Gasteiger partial charge on any atom is -0.466 e. The number of methoxy groups -OCH3 is 1. The van der Waals surface area contributed by atoms with E-state index in [2.05, 4.69) is 31.9 Å². The Kier molecular flexibility index (Phi) is 3.79. The predicted octanol–water partition coefficient (Wildman–Crippen LogP) is 4.34. The third kappa shape index (κ3) is 1.98. The van der Waals surface area contributed by atoms with Crippen molar-refractivity contribution in [3.8, 4) is 0 Å².